The van der Waals surface area contributed by atoms with Crippen molar-refractivity contribution < 1.29 is 14.3 Å². The quantitative estimate of drug-likeness (QED) is 0.270. The van der Waals surface area contributed by atoms with Gasteiger partial charge in [-0.2, -0.15) is 4.68 Å². The lowest BCUT2D eigenvalue weighted by molar-refractivity contribution is -0.122. The molecule has 0 aromatic carbocycles. The zero-order chi connectivity index (χ0) is 10.6. The highest BCUT2D eigenvalue weighted by Gasteiger charge is 2.12. The molecule has 10 heteroatoms. The second-order valence-electron chi connectivity index (χ2n) is 2.11. The number of hydrazine groups is 1. The van der Waals surface area contributed by atoms with Crippen LogP contribution in [-0.4, -0.2) is 32.2 Å². The Morgan fingerprint density at radius 2 is 2.29 bits per heavy atom. The molecule has 0 aliphatic heterocycles. The first-order chi connectivity index (χ1) is 6.63. The number of nitrogens with two attached hydrogens (primary N) is 2. The smallest absolute Gasteiger partial charge is 0.373 e. The minimum Gasteiger partial charge on any atom is -0.373 e. The summed E-state index contributed by atoms with van der Waals surface area (Å²) in [6.45, 7) is -0.272. The predicted octanol–water partition coefficient (Wildman–Crippen LogP) is -2.88. The molecule has 1 heterocycles. The van der Waals surface area contributed by atoms with Gasteiger partial charge in [0.15, 0.2) is 0 Å². The molecule has 0 aliphatic rings. The van der Waals surface area contributed by atoms with E-state index in [1.807, 2.05) is 5.43 Å². The van der Waals surface area contributed by atoms with Crippen molar-refractivity contribution in [1.29, 1.82) is 0 Å². The van der Waals surface area contributed by atoms with Crippen LogP contribution in [0, 0.1) is 0 Å². The van der Waals surface area contributed by atoms with Gasteiger partial charge < -0.3 is 10.5 Å². The first-order valence-corrected chi connectivity index (χ1v) is 3.36. The van der Waals surface area contributed by atoms with E-state index in [-0.39, 0.29) is 12.6 Å². The average molecular weight is 201 g/mol. The number of primary amides is 1. The maximum atomic E-state index is 10.8. The van der Waals surface area contributed by atoms with Crippen LogP contribution in [0.2, 0.25) is 0 Å². The Labute approximate surface area is 77.1 Å². The minimum absolute atomic E-state index is 0.272. The topological polar surface area (TPSA) is 151 Å². The van der Waals surface area contributed by atoms with Gasteiger partial charge in [0.1, 0.15) is 6.54 Å². The van der Waals surface area contributed by atoms with Crippen molar-refractivity contribution in [1.82, 2.24) is 25.6 Å². The van der Waals surface area contributed by atoms with Gasteiger partial charge in [-0.15, -0.1) is 0 Å². The van der Waals surface area contributed by atoms with Crippen molar-refractivity contribution in [3.63, 3.8) is 0 Å². The molecule has 0 spiro atoms. The Kier molecular flexibility index (Phi) is 2.91. The number of hydrogen-bond acceptors (Lipinski definition) is 7. The van der Waals surface area contributed by atoms with Crippen LogP contribution >= 0.6 is 0 Å². The van der Waals surface area contributed by atoms with Gasteiger partial charge in [0.2, 0.25) is 0 Å². The minimum atomic E-state index is -1.07. The highest BCUT2D eigenvalue weighted by Crippen LogP contribution is 2.01. The summed E-state index contributed by atoms with van der Waals surface area (Å²) in [5, 5.41) is 9.84. The molecule has 0 atom stereocenters. The van der Waals surface area contributed by atoms with E-state index < -0.39 is 12.0 Å². The summed E-state index contributed by atoms with van der Waals surface area (Å²) in [5.41, 5.74) is 6.58. The van der Waals surface area contributed by atoms with Gasteiger partial charge >= 0.3 is 12.1 Å². The molecule has 76 valence electrons. The Morgan fingerprint density at radius 3 is 2.86 bits per heavy atom. The zero-order valence-corrected chi connectivity index (χ0v) is 6.88. The average Bonchev–Trinajstić information content (AvgIpc) is 2.52. The van der Waals surface area contributed by atoms with Gasteiger partial charge in [-0.1, -0.05) is 5.10 Å². The van der Waals surface area contributed by atoms with Crippen molar-refractivity contribution >= 4 is 12.0 Å². The first kappa shape index (κ1) is 9.85. The third-order valence-electron chi connectivity index (χ3n) is 1.15. The zero-order valence-electron chi connectivity index (χ0n) is 6.88. The summed E-state index contributed by atoms with van der Waals surface area (Å²) in [4.78, 5) is 21.1. The summed E-state index contributed by atoms with van der Waals surface area (Å²) < 4.78 is 5.30. The largest absolute Gasteiger partial charge is 0.412 e. The summed E-state index contributed by atoms with van der Waals surface area (Å²) in [7, 11) is 0. The maximum absolute atomic E-state index is 10.8. The number of ether oxygens (including phenoxy) is 1. The third kappa shape index (κ3) is 2.38. The van der Waals surface area contributed by atoms with Crippen molar-refractivity contribution in [2.24, 2.45) is 11.6 Å². The highest BCUT2D eigenvalue weighted by molar-refractivity contribution is 5.75. The van der Waals surface area contributed by atoms with Gasteiger partial charge in [-0.3, -0.25) is 10.2 Å². The molecule has 0 fully saturated rings. The van der Waals surface area contributed by atoms with Crippen molar-refractivity contribution in [3.05, 3.63) is 0 Å². The summed E-state index contributed by atoms with van der Waals surface area (Å²) in [6, 6.07) is -0.277. The van der Waals surface area contributed by atoms with Crippen molar-refractivity contribution in [3.8, 4) is 6.01 Å². The van der Waals surface area contributed by atoms with E-state index in [0.29, 0.717) is 0 Å². The Morgan fingerprint density at radius 1 is 1.57 bits per heavy atom. The molecule has 2 amide bonds. The van der Waals surface area contributed by atoms with E-state index >= 15 is 0 Å². The van der Waals surface area contributed by atoms with E-state index in [9.17, 15) is 9.59 Å². The standard InChI is InChI=1S/C4H7N7O3/c5-3(13)14-4-8-9-10-11(4)1-2(12)7-6/h1,6H2,(H2,5,13)(H,7,12). The van der Waals surface area contributed by atoms with E-state index in [1.54, 1.807) is 0 Å². The van der Waals surface area contributed by atoms with Gasteiger partial charge in [0, 0.05) is 0 Å². The van der Waals surface area contributed by atoms with Gasteiger partial charge in [0.05, 0.1) is 0 Å². The van der Waals surface area contributed by atoms with Crippen molar-refractivity contribution in [2.45, 2.75) is 6.54 Å². The van der Waals surface area contributed by atoms with Gasteiger partial charge in [-0.25, -0.2) is 10.6 Å². The highest BCUT2D eigenvalue weighted by atomic mass is 16.6. The lowest BCUT2D eigenvalue weighted by Crippen LogP contribution is -2.34. The van der Waals surface area contributed by atoms with E-state index in [2.05, 4.69) is 20.3 Å². The number of nitrogens with zero attached hydrogens (tertiary/aromatic N) is 4. The summed E-state index contributed by atoms with van der Waals surface area (Å²) in [6.07, 6.45) is -1.07. The van der Waals surface area contributed by atoms with Gasteiger partial charge in [-0.05, 0) is 10.4 Å². The van der Waals surface area contributed by atoms with Crippen LogP contribution in [0.3, 0.4) is 0 Å². The first-order valence-electron chi connectivity index (χ1n) is 3.36. The fourth-order valence-corrected chi connectivity index (χ4v) is 0.640. The summed E-state index contributed by atoms with van der Waals surface area (Å²) in [5.74, 6) is 4.28. The molecule has 0 aliphatic carbocycles. The molecule has 14 heavy (non-hydrogen) atoms. The van der Waals surface area contributed by atoms with Crippen LogP contribution in [0.15, 0.2) is 0 Å². The third-order valence-corrected chi connectivity index (χ3v) is 1.15. The number of tetrazole rings is 1. The Balaban J connectivity index is 2.72. The molecule has 0 radical (unpaired) electrons. The number of nitrogens with one attached hydrogen (secondary N) is 1. The Hall–Kier alpha value is -2.23. The van der Waals surface area contributed by atoms with Crippen molar-refractivity contribution in [2.75, 3.05) is 0 Å². The lowest BCUT2D eigenvalue weighted by Gasteiger charge is -2.01. The van der Waals surface area contributed by atoms with E-state index in [0.717, 1.165) is 4.68 Å². The maximum Gasteiger partial charge on any atom is 0.412 e. The van der Waals surface area contributed by atoms with Crippen LogP contribution in [0.4, 0.5) is 4.79 Å². The van der Waals surface area contributed by atoms with Crippen LogP contribution in [0.5, 0.6) is 6.01 Å². The monoisotopic (exact) mass is 201 g/mol. The molecule has 0 saturated heterocycles. The van der Waals surface area contributed by atoms with Crippen LogP contribution in [0.25, 0.3) is 0 Å². The second kappa shape index (κ2) is 4.13. The van der Waals surface area contributed by atoms with Crippen LogP contribution < -0.4 is 21.7 Å². The Bertz CT molecular complexity index is 346. The molecule has 10 nitrogen and oxygen atoms in total. The molecule has 5 N–H and O–H groups in total. The number of hydrogen-bond donors (Lipinski definition) is 3. The second-order valence-corrected chi connectivity index (χ2v) is 2.11. The van der Waals surface area contributed by atoms with E-state index in [4.69, 9.17) is 11.6 Å². The predicted molar refractivity (Wildman–Crippen MR) is 40.4 cm³/mol. The number of carbonyl (C=O) groups excluding carboxylic acids is 2. The lowest BCUT2D eigenvalue weighted by atomic mass is 10.6. The van der Waals surface area contributed by atoms with E-state index in [1.165, 1.54) is 0 Å². The van der Waals surface area contributed by atoms with Gasteiger partial charge in [0.25, 0.3) is 5.91 Å². The molecule has 1 aromatic rings. The van der Waals surface area contributed by atoms with Crippen LogP contribution in [-0.2, 0) is 11.3 Å². The van der Waals surface area contributed by atoms with Crippen LogP contribution in [0.1, 0.15) is 0 Å². The summed E-state index contributed by atoms with van der Waals surface area (Å²) >= 11 is 0. The molecule has 1 rings (SSSR count). The molecular formula is C4H7N7O3. The number of amides is 2. The fraction of sp³-hybridized carbons (Fsp3) is 0.250. The molecule has 1 aromatic heterocycles. The molecule has 0 unspecified atom stereocenters. The number of rotatable bonds is 3. The SMILES string of the molecule is NNC(=O)Cn1nnnc1OC(N)=O. The molecule has 0 saturated carbocycles. The number of aromatic nitrogens is 4. The fourth-order valence-electron chi connectivity index (χ4n) is 0.640. The molecule has 0 bridgehead atoms. The number of carbonyl (C=O) groups is 2. The molecular weight excluding hydrogens is 194 g/mol. The normalized spacial score (nSPS) is 9.50.